The maximum Gasteiger partial charge on any atom is 0.0841 e. The van der Waals surface area contributed by atoms with Gasteiger partial charge in [0.25, 0.3) is 0 Å². The van der Waals surface area contributed by atoms with Gasteiger partial charge in [-0.15, -0.1) is 0 Å². The van der Waals surface area contributed by atoms with Crippen molar-refractivity contribution in [3.05, 3.63) is 35.4 Å². The Morgan fingerprint density at radius 3 is 2.64 bits per heavy atom. The van der Waals surface area contributed by atoms with Crippen molar-refractivity contribution in [2.24, 2.45) is 5.92 Å². The summed E-state index contributed by atoms with van der Waals surface area (Å²) in [6.07, 6.45) is 0.604. The van der Waals surface area contributed by atoms with Crippen LogP contribution in [-0.2, 0) is 4.74 Å². The zero-order chi connectivity index (χ0) is 9.97. The molecule has 2 unspecified atom stereocenters. The van der Waals surface area contributed by atoms with Crippen molar-refractivity contribution < 1.29 is 9.84 Å². The molecule has 1 aromatic rings. The maximum atomic E-state index is 10.0. The standard InChI is InChI=1S/C12H16O2/c1-9-2-4-10(5-3-9)12(13)11-6-7-14-8-11/h2-5,11-13H,6-8H2,1H3. The molecular formula is C12H16O2. The molecule has 0 amide bonds. The van der Waals surface area contributed by atoms with Crippen molar-refractivity contribution in [3.8, 4) is 0 Å². The molecule has 0 bridgehead atoms. The lowest BCUT2D eigenvalue weighted by Gasteiger charge is -2.16. The van der Waals surface area contributed by atoms with Gasteiger partial charge in [0.15, 0.2) is 0 Å². The summed E-state index contributed by atoms with van der Waals surface area (Å²) in [6, 6.07) is 8.07. The first-order chi connectivity index (χ1) is 6.77. The molecule has 2 nitrogen and oxygen atoms in total. The molecule has 1 saturated heterocycles. The third-order valence-electron chi connectivity index (χ3n) is 2.83. The van der Waals surface area contributed by atoms with Crippen LogP contribution in [0.1, 0.15) is 23.7 Å². The Kier molecular flexibility index (Phi) is 2.85. The van der Waals surface area contributed by atoms with Gasteiger partial charge in [0.05, 0.1) is 12.7 Å². The third kappa shape index (κ3) is 1.97. The topological polar surface area (TPSA) is 29.5 Å². The number of hydrogen-bond donors (Lipinski definition) is 1. The number of rotatable bonds is 2. The van der Waals surface area contributed by atoms with Gasteiger partial charge in [-0.1, -0.05) is 29.8 Å². The molecule has 76 valence electrons. The van der Waals surface area contributed by atoms with Crippen molar-refractivity contribution in [2.45, 2.75) is 19.4 Å². The molecule has 2 heteroatoms. The second-order valence-electron chi connectivity index (χ2n) is 3.98. The summed E-state index contributed by atoms with van der Waals surface area (Å²) in [4.78, 5) is 0. The number of aliphatic hydroxyl groups excluding tert-OH is 1. The molecule has 1 heterocycles. The van der Waals surface area contributed by atoms with E-state index in [2.05, 4.69) is 6.92 Å². The first-order valence-electron chi connectivity index (χ1n) is 5.10. The van der Waals surface area contributed by atoms with Gasteiger partial charge in [0.2, 0.25) is 0 Å². The number of benzene rings is 1. The van der Waals surface area contributed by atoms with Gasteiger partial charge in [0.1, 0.15) is 0 Å². The summed E-state index contributed by atoms with van der Waals surface area (Å²) in [5.41, 5.74) is 2.23. The van der Waals surface area contributed by atoms with Crippen molar-refractivity contribution in [3.63, 3.8) is 0 Å². The summed E-state index contributed by atoms with van der Waals surface area (Å²) in [5.74, 6) is 0.276. The fourth-order valence-electron chi connectivity index (χ4n) is 1.84. The molecule has 0 radical (unpaired) electrons. The van der Waals surface area contributed by atoms with Crippen LogP contribution in [0.3, 0.4) is 0 Å². The van der Waals surface area contributed by atoms with Gasteiger partial charge < -0.3 is 9.84 Å². The monoisotopic (exact) mass is 192 g/mol. The van der Waals surface area contributed by atoms with Crippen LogP contribution in [0.15, 0.2) is 24.3 Å². The van der Waals surface area contributed by atoms with Crippen LogP contribution in [0.5, 0.6) is 0 Å². The summed E-state index contributed by atoms with van der Waals surface area (Å²) < 4.78 is 5.26. The van der Waals surface area contributed by atoms with Gasteiger partial charge in [-0.3, -0.25) is 0 Å². The van der Waals surface area contributed by atoms with Gasteiger partial charge in [-0.2, -0.15) is 0 Å². The molecule has 1 fully saturated rings. The first-order valence-corrected chi connectivity index (χ1v) is 5.10. The molecule has 14 heavy (non-hydrogen) atoms. The Morgan fingerprint density at radius 2 is 2.07 bits per heavy atom. The minimum atomic E-state index is -0.363. The zero-order valence-corrected chi connectivity index (χ0v) is 8.44. The minimum Gasteiger partial charge on any atom is -0.388 e. The Morgan fingerprint density at radius 1 is 1.36 bits per heavy atom. The smallest absolute Gasteiger partial charge is 0.0841 e. The quantitative estimate of drug-likeness (QED) is 0.777. The van der Waals surface area contributed by atoms with Crippen LogP contribution in [0.2, 0.25) is 0 Å². The molecule has 1 N–H and O–H groups in total. The summed E-state index contributed by atoms with van der Waals surface area (Å²) in [6.45, 7) is 3.53. The van der Waals surface area contributed by atoms with Gasteiger partial charge >= 0.3 is 0 Å². The summed E-state index contributed by atoms with van der Waals surface area (Å²) in [7, 11) is 0. The molecule has 1 aliphatic heterocycles. The fourth-order valence-corrected chi connectivity index (χ4v) is 1.84. The Balaban J connectivity index is 2.09. The highest BCUT2D eigenvalue weighted by Gasteiger charge is 2.24. The van der Waals surface area contributed by atoms with E-state index in [0.29, 0.717) is 6.61 Å². The van der Waals surface area contributed by atoms with E-state index in [1.165, 1.54) is 5.56 Å². The average Bonchev–Trinajstić information content (AvgIpc) is 2.71. The van der Waals surface area contributed by atoms with E-state index < -0.39 is 0 Å². The predicted octanol–water partition coefficient (Wildman–Crippen LogP) is 2.06. The highest BCUT2D eigenvalue weighted by atomic mass is 16.5. The molecule has 0 spiro atoms. The summed E-state index contributed by atoms with van der Waals surface area (Å²) in [5, 5.41) is 10.0. The van der Waals surface area contributed by atoms with E-state index in [1.807, 2.05) is 24.3 Å². The lowest BCUT2D eigenvalue weighted by atomic mass is 9.95. The van der Waals surface area contributed by atoms with Crippen molar-refractivity contribution >= 4 is 0 Å². The largest absolute Gasteiger partial charge is 0.388 e. The third-order valence-corrected chi connectivity index (χ3v) is 2.83. The lowest BCUT2D eigenvalue weighted by Crippen LogP contribution is -2.12. The second kappa shape index (κ2) is 4.11. The van der Waals surface area contributed by atoms with Gasteiger partial charge in [0, 0.05) is 12.5 Å². The SMILES string of the molecule is Cc1ccc(C(O)C2CCOC2)cc1. The van der Waals surface area contributed by atoms with Crippen molar-refractivity contribution in [1.82, 2.24) is 0 Å². The average molecular weight is 192 g/mol. The second-order valence-corrected chi connectivity index (χ2v) is 3.98. The van der Waals surface area contributed by atoms with Crippen LogP contribution in [0.4, 0.5) is 0 Å². The first kappa shape index (κ1) is 9.69. The normalized spacial score (nSPS) is 23.7. The molecule has 2 atom stereocenters. The summed E-state index contributed by atoms with van der Waals surface area (Å²) >= 11 is 0. The van der Waals surface area contributed by atoms with Gasteiger partial charge in [-0.05, 0) is 18.9 Å². The molecule has 2 rings (SSSR count). The van der Waals surface area contributed by atoms with Crippen LogP contribution < -0.4 is 0 Å². The highest BCUT2D eigenvalue weighted by molar-refractivity contribution is 5.23. The lowest BCUT2D eigenvalue weighted by molar-refractivity contribution is 0.0918. The van der Waals surface area contributed by atoms with Crippen molar-refractivity contribution in [2.75, 3.05) is 13.2 Å². The Labute approximate surface area is 84.5 Å². The fraction of sp³-hybridized carbons (Fsp3) is 0.500. The van der Waals surface area contributed by atoms with Crippen LogP contribution in [0.25, 0.3) is 0 Å². The Bertz CT molecular complexity index is 286. The van der Waals surface area contributed by atoms with Crippen molar-refractivity contribution in [1.29, 1.82) is 0 Å². The number of ether oxygens (including phenoxy) is 1. The van der Waals surface area contributed by atoms with E-state index in [0.717, 1.165) is 18.6 Å². The maximum absolute atomic E-state index is 10.0. The number of aryl methyl sites for hydroxylation is 1. The molecule has 0 aliphatic carbocycles. The molecule has 1 aromatic carbocycles. The van der Waals surface area contributed by atoms with E-state index in [9.17, 15) is 5.11 Å². The van der Waals surface area contributed by atoms with E-state index >= 15 is 0 Å². The molecular weight excluding hydrogens is 176 g/mol. The zero-order valence-electron chi connectivity index (χ0n) is 8.44. The number of hydrogen-bond acceptors (Lipinski definition) is 2. The highest BCUT2D eigenvalue weighted by Crippen LogP contribution is 2.28. The van der Waals surface area contributed by atoms with E-state index in [1.54, 1.807) is 0 Å². The van der Waals surface area contributed by atoms with Crippen LogP contribution in [0, 0.1) is 12.8 Å². The van der Waals surface area contributed by atoms with Gasteiger partial charge in [-0.25, -0.2) is 0 Å². The minimum absolute atomic E-state index is 0.276. The molecule has 0 aromatic heterocycles. The predicted molar refractivity (Wildman–Crippen MR) is 55.1 cm³/mol. The molecule has 1 aliphatic rings. The van der Waals surface area contributed by atoms with Crippen LogP contribution in [-0.4, -0.2) is 18.3 Å². The van der Waals surface area contributed by atoms with Crippen LogP contribution >= 0.6 is 0 Å². The molecule has 0 saturated carbocycles. The number of aliphatic hydroxyl groups is 1. The van der Waals surface area contributed by atoms with E-state index in [-0.39, 0.29) is 12.0 Å². The Hall–Kier alpha value is -0.860. The van der Waals surface area contributed by atoms with E-state index in [4.69, 9.17) is 4.74 Å².